The number of para-hydroxylation sites is 1. The second kappa shape index (κ2) is 11.5. The van der Waals surface area contributed by atoms with E-state index in [9.17, 15) is 0 Å². The van der Waals surface area contributed by atoms with Crippen LogP contribution in [-0.4, -0.2) is 57.3 Å². The number of hydrogen-bond acceptors (Lipinski definition) is 5. The van der Waals surface area contributed by atoms with E-state index in [0.717, 1.165) is 55.9 Å². The van der Waals surface area contributed by atoms with Gasteiger partial charge in [0, 0.05) is 40.8 Å². The van der Waals surface area contributed by atoms with Crippen LogP contribution in [-0.2, 0) is 16.0 Å². The largest absolute Gasteiger partial charge is 0.485 e. The molecule has 1 unspecified atom stereocenters. The number of fused-ring (bicyclic) bond motifs is 2. The molecule has 0 aliphatic carbocycles. The summed E-state index contributed by atoms with van der Waals surface area (Å²) in [4.78, 5) is 24.6. The van der Waals surface area contributed by atoms with Crippen LogP contribution in [0.1, 0.15) is 53.5 Å². The lowest BCUT2D eigenvalue weighted by molar-refractivity contribution is -0.159. The summed E-state index contributed by atoms with van der Waals surface area (Å²) in [5.74, 6) is -2.03. The van der Waals surface area contributed by atoms with Crippen molar-refractivity contribution in [2.24, 2.45) is 0 Å². The highest BCUT2D eigenvalue weighted by Gasteiger charge is 2.40. The lowest BCUT2D eigenvalue weighted by Gasteiger charge is -2.37. The molecule has 0 radical (unpaired) electrons. The average molecular weight is 570 g/mol. The zero-order chi connectivity index (χ0) is 30.2. The third kappa shape index (κ3) is 5.59. The Bertz CT molecular complexity index is 1590. The monoisotopic (exact) mass is 569 g/mol. The molecule has 220 valence electrons. The molecular weight excluding hydrogens is 530 g/mol. The van der Waals surface area contributed by atoms with Gasteiger partial charge < -0.3 is 25.7 Å². The van der Waals surface area contributed by atoms with Gasteiger partial charge in [0.1, 0.15) is 11.4 Å². The maximum atomic E-state index is 9.10. The number of ether oxygens (including phenoxy) is 1. The molecule has 0 saturated carbocycles. The number of nitrogen functional groups attached to an aromatic ring is 1. The van der Waals surface area contributed by atoms with Crippen LogP contribution in [0.4, 0.5) is 5.69 Å². The molecule has 6 rings (SSSR count). The van der Waals surface area contributed by atoms with Gasteiger partial charge in [-0.15, -0.1) is 0 Å². The van der Waals surface area contributed by atoms with Crippen LogP contribution >= 0.6 is 0 Å². The number of carbonyl (C=O) groups is 2. The summed E-state index contributed by atoms with van der Waals surface area (Å²) in [6.07, 6.45) is 3.25. The number of aromatic nitrogens is 1. The third-order valence-corrected chi connectivity index (χ3v) is 8.88. The zero-order valence-corrected chi connectivity index (χ0v) is 24.7. The maximum absolute atomic E-state index is 9.10. The van der Waals surface area contributed by atoms with Crippen molar-refractivity contribution in [2.45, 2.75) is 58.5 Å². The lowest BCUT2D eigenvalue weighted by Crippen LogP contribution is -2.47. The van der Waals surface area contributed by atoms with Crippen LogP contribution in [0.2, 0.25) is 0 Å². The van der Waals surface area contributed by atoms with Crippen molar-refractivity contribution in [3.8, 4) is 17.0 Å². The van der Waals surface area contributed by atoms with Gasteiger partial charge in [0.2, 0.25) is 0 Å². The van der Waals surface area contributed by atoms with Crippen molar-refractivity contribution < 1.29 is 24.5 Å². The fraction of sp³-hybridized carbons (Fsp3) is 0.353. The highest BCUT2D eigenvalue weighted by Crippen LogP contribution is 2.45. The number of likely N-dealkylation sites (tertiary alicyclic amines) is 1. The molecule has 3 heterocycles. The third-order valence-electron chi connectivity index (χ3n) is 8.88. The van der Waals surface area contributed by atoms with E-state index in [1.807, 2.05) is 0 Å². The molecule has 1 fully saturated rings. The Hall–Kier alpha value is -4.30. The first-order valence-corrected chi connectivity index (χ1v) is 14.4. The normalized spacial score (nSPS) is 18.7. The minimum atomic E-state index is -1.82. The molecule has 42 heavy (non-hydrogen) atoms. The summed E-state index contributed by atoms with van der Waals surface area (Å²) in [5.41, 5.74) is 17.3. The first-order chi connectivity index (χ1) is 20.0. The van der Waals surface area contributed by atoms with Gasteiger partial charge in [-0.2, -0.15) is 0 Å². The summed E-state index contributed by atoms with van der Waals surface area (Å²) >= 11 is 0. The Morgan fingerprint density at radius 1 is 0.952 bits per heavy atom. The lowest BCUT2D eigenvalue weighted by atomic mass is 9.85. The number of nitrogens with two attached hydrogens (primary N) is 1. The van der Waals surface area contributed by atoms with Gasteiger partial charge in [-0.1, -0.05) is 48.5 Å². The van der Waals surface area contributed by atoms with E-state index in [0.29, 0.717) is 5.92 Å². The maximum Gasteiger partial charge on any atom is 0.414 e. The SMILES string of the molecule is Cc1c(C)c2c(c(C)c1N)CC(C)(CN1CCC(c3c(-c4ccccc4)[nH]c4ccccc34)CC1)O2.O=C(O)C(=O)O. The summed E-state index contributed by atoms with van der Waals surface area (Å²) in [6.45, 7) is 11.8. The van der Waals surface area contributed by atoms with Crippen molar-refractivity contribution in [1.82, 2.24) is 9.88 Å². The summed E-state index contributed by atoms with van der Waals surface area (Å²) in [6, 6.07) is 19.6. The molecule has 0 spiro atoms. The highest BCUT2D eigenvalue weighted by molar-refractivity contribution is 6.27. The summed E-state index contributed by atoms with van der Waals surface area (Å²) < 4.78 is 6.68. The quantitative estimate of drug-likeness (QED) is 0.173. The predicted molar refractivity (Wildman–Crippen MR) is 165 cm³/mol. The topological polar surface area (TPSA) is 129 Å². The van der Waals surface area contributed by atoms with Crippen molar-refractivity contribution in [3.63, 3.8) is 0 Å². The fourth-order valence-electron chi connectivity index (χ4n) is 6.58. The van der Waals surface area contributed by atoms with E-state index in [4.69, 9.17) is 30.3 Å². The van der Waals surface area contributed by atoms with Crippen molar-refractivity contribution in [1.29, 1.82) is 0 Å². The van der Waals surface area contributed by atoms with Crippen LogP contribution in [0.3, 0.4) is 0 Å². The molecule has 0 bridgehead atoms. The first kappa shape index (κ1) is 29.2. The number of benzene rings is 3. The van der Waals surface area contributed by atoms with E-state index < -0.39 is 11.9 Å². The molecule has 4 aromatic rings. The highest BCUT2D eigenvalue weighted by atomic mass is 16.5. The number of carboxylic acid groups (broad SMARTS) is 2. The van der Waals surface area contributed by atoms with Crippen LogP contribution in [0.15, 0.2) is 54.6 Å². The molecule has 8 heteroatoms. The Morgan fingerprint density at radius 3 is 2.21 bits per heavy atom. The number of H-pyrrole nitrogens is 1. The molecule has 0 amide bonds. The number of piperidine rings is 1. The number of nitrogens with one attached hydrogen (secondary N) is 1. The molecule has 5 N–H and O–H groups in total. The minimum absolute atomic E-state index is 0.207. The standard InChI is InChI=1S/C32H37N3O.C2H2O4/c1-20-21(2)31-26(22(3)29(20)33)18-32(4,36-31)19-35-16-14-23(15-17-35)28-25-12-8-9-13-27(25)34-30(28)24-10-6-5-7-11-24;3-1(4)2(5)6/h5-13,23,34H,14-19,33H2,1-4H3;(H,3,4)(H,5,6). The first-order valence-electron chi connectivity index (χ1n) is 14.4. The summed E-state index contributed by atoms with van der Waals surface area (Å²) in [7, 11) is 0. The van der Waals surface area contributed by atoms with E-state index in [1.165, 1.54) is 44.4 Å². The molecule has 2 aliphatic rings. The average Bonchev–Trinajstić information content (AvgIpc) is 3.55. The fourth-order valence-corrected chi connectivity index (χ4v) is 6.58. The molecule has 1 aromatic heterocycles. The van der Waals surface area contributed by atoms with Crippen molar-refractivity contribution >= 4 is 28.5 Å². The van der Waals surface area contributed by atoms with Crippen LogP contribution in [0.25, 0.3) is 22.2 Å². The number of aliphatic carboxylic acids is 2. The van der Waals surface area contributed by atoms with Gasteiger partial charge in [0.15, 0.2) is 0 Å². The number of aromatic amines is 1. The van der Waals surface area contributed by atoms with Crippen molar-refractivity contribution in [2.75, 3.05) is 25.4 Å². The Morgan fingerprint density at radius 2 is 1.57 bits per heavy atom. The van der Waals surface area contributed by atoms with Gasteiger partial charge in [-0.05, 0) is 93.4 Å². The van der Waals surface area contributed by atoms with E-state index in [1.54, 1.807) is 0 Å². The Balaban J connectivity index is 0.000000535. The number of hydrogen-bond donors (Lipinski definition) is 4. The van der Waals surface area contributed by atoms with Crippen LogP contribution < -0.4 is 10.5 Å². The number of anilines is 1. The van der Waals surface area contributed by atoms with Gasteiger partial charge in [0.05, 0.1) is 0 Å². The minimum Gasteiger partial charge on any atom is -0.485 e. The molecule has 1 atom stereocenters. The van der Waals surface area contributed by atoms with Crippen LogP contribution in [0.5, 0.6) is 5.75 Å². The molecule has 3 aromatic carbocycles. The van der Waals surface area contributed by atoms with Crippen LogP contribution in [0, 0.1) is 20.8 Å². The smallest absolute Gasteiger partial charge is 0.414 e. The van der Waals surface area contributed by atoms with E-state index in [2.05, 4.69) is 92.2 Å². The molecular formula is C34H39N3O5. The van der Waals surface area contributed by atoms with Gasteiger partial charge in [0.25, 0.3) is 0 Å². The van der Waals surface area contributed by atoms with E-state index in [-0.39, 0.29) is 5.60 Å². The Kier molecular flexibility index (Phi) is 8.01. The van der Waals surface area contributed by atoms with Crippen molar-refractivity contribution in [3.05, 3.63) is 82.4 Å². The van der Waals surface area contributed by atoms with Gasteiger partial charge in [-0.3, -0.25) is 4.90 Å². The molecule has 1 saturated heterocycles. The molecule has 8 nitrogen and oxygen atoms in total. The van der Waals surface area contributed by atoms with E-state index >= 15 is 0 Å². The number of carboxylic acids is 2. The number of rotatable bonds is 4. The second-order valence-corrected chi connectivity index (χ2v) is 11.8. The Labute approximate surface area is 246 Å². The second-order valence-electron chi connectivity index (χ2n) is 11.8. The molecule has 2 aliphatic heterocycles. The number of nitrogens with zero attached hydrogens (tertiary/aromatic N) is 1. The zero-order valence-electron chi connectivity index (χ0n) is 24.7. The van der Waals surface area contributed by atoms with Gasteiger partial charge >= 0.3 is 11.9 Å². The van der Waals surface area contributed by atoms with Gasteiger partial charge in [-0.25, -0.2) is 9.59 Å². The summed E-state index contributed by atoms with van der Waals surface area (Å²) in [5, 5.41) is 16.2. The predicted octanol–water partition coefficient (Wildman–Crippen LogP) is 6.07.